The Balaban J connectivity index is 1.41. The first kappa shape index (κ1) is 25.2. The van der Waals surface area contributed by atoms with Crippen LogP contribution >= 0.6 is 0 Å². The molecule has 1 saturated heterocycles. The SMILES string of the molecule is CN1CN(c2ccc3c(c2)C(F)(F)OC(F)(F)O3)C(=O)N(c2ccc(Oc3ccnc(C#N)c3)cc2F)C1. The van der Waals surface area contributed by atoms with Crippen molar-refractivity contribution in [3.05, 3.63) is 71.8 Å². The fraction of sp³-hybridized carbons (Fsp3) is 0.208. The predicted octanol–water partition coefficient (Wildman–Crippen LogP) is 5.19. The molecule has 14 heteroatoms. The molecule has 0 aliphatic carbocycles. The standard InChI is InChI=1S/C24H16F5N5O4/c1-32-12-33(15-2-5-21-18(9-15)23(26,27)38-24(28,29)37-21)22(35)34(13-32)20-4-3-16(10-19(20)25)36-17-6-7-31-14(8-17)11-30/h2-10H,12-13H2,1H3. The molecule has 9 nitrogen and oxygen atoms in total. The molecule has 1 aromatic heterocycles. The van der Waals surface area contributed by atoms with E-state index in [1.165, 1.54) is 30.5 Å². The van der Waals surface area contributed by atoms with Gasteiger partial charge in [-0.05, 0) is 43.4 Å². The summed E-state index contributed by atoms with van der Waals surface area (Å²) < 4.78 is 83.5. The van der Waals surface area contributed by atoms with Gasteiger partial charge in [0.2, 0.25) is 0 Å². The number of halogens is 5. The number of fused-ring (bicyclic) bond motifs is 1. The summed E-state index contributed by atoms with van der Waals surface area (Å²) in [5.41, 5.74) is -1.08. The van der Waals surface area contributed by atoms with Crippen LogP contribution in [0.1, 0.15) is 11.3 Å². The van der Waals surface area contributed by atoms with E-state index in [9.17, 15) is 22.4 Å². The zero-order chi connectivity index (χ0) is 27.2. The summed E-state index contributed by atoms with van der Waals surface area (Å²) in [5.74, 6) is -1.28. The number of rotatable bonds is 4. The zero-order valence-corrected chi connectivity index (χ0v) is 19.4. The molecule has 3 aromatic rings. The maximum absolute atomic E-state index is 15.1. The van der Waals surface area contributed by atoms with Crippen molar-refractivity contribution in [2.75, 3.05) is 30.2 Å². The van der Waals surface area contributed by atoms with E-state index < -0.39 is 35.6 Å². The van der Waals surface area contributed by atoms with Crippen LogP contribution in [0.15, 0.2) is 54.7 Å². The molecular weight excluding hydrogens is 517 g/mol. The van der Waals surface area contributed by atoms with E-state index in [2.05, 4.69) is 14.5 Å². The fourth-order valence-corrected chi connectivity index (χ4v) is 3.96. The molecule has 5 rings (SSSR count). The molecule has 0 radical (unpaired) electrons. The third kappa shape index (κ3) is 4.76. The van der Waals surface area contributed by atoms with Gasteiger partial charge in [0.15, 0.2) is 5.82 Å². The zero-order valence-electron chi connectivity index (χ0n) is 19.4. The smallest absolute Gasteiger partial charge is 0.457 e. The number of hydrogen-bond donors (Lipinski definition) is 0. The molecule has 2 aliphatic rings. The van der Waals surface area contributed by atoms with Crippen LogP contribution in [-0.2, 0) is 10.8 Å². The predicted molar refractivity (Wildman–Crippen MR) is 120 cm³/mol. The molecule has 0 N–H and O–H groups in total. The Morgan fingerprint density at radius 2 is 1.76 bits per heavy atom. The maximum Gasteiger partial charge on any atom is 0.540 e. The van der Waals surface area contributed by atoms with Crippen LogP contribution in [-0.4, -0.2) is 42.6 Å². The van der Waals surface area contributed by atoms with Crippen molar-refractivity contribution in [2.45, 2.75) is 12.4 Å². The lowest BCUT2D eigenvalue weighted by molar-refractivity contribution is -0.461. The second-order valence-corrected chi connectivity index (χ2v) is 8.35. The fourth-order valence-electron chi connectivity index (χ4n) is 3.96. The number of benzene rings is 2. The molecule has 3 heterocycles. The van der Waals surface area contributed by atoms with Crippen molar-refractivity contribution in [1.29, 1.82) is 5.26 Å². The molecule has 0 bridgehead atoms. The Bertz CT molecular complexity index is 1460. The molecule has 0 spiro atoms. The summed E-state index contributed by atoms with van der Waals surface area (Å²) in [5, 5.41) is 8.95. The Hall–Kier alpha value is -4.48. The molecule has 196 valence electrons. The van der Waals surface area contributed by atoms with Gasteiger partial charge in [0, 0.05) is 24.0 Å². The van der Waals surface area contributed by atoms with Crippen molar-refractivity contribution in [2.24, 2.45) is 0 Å². The van der Waals surface area contributed by atoms with Gasteiger partial charge >= 0.3 is 18.4 Å². The Morgan fingerprint density at radius 1 is 1.03 bits per heavy atom. The molecular formula is C24H16F5N5O4. The van der Waals surface area contributed by atoms with Gasteiger partial charge in [-0.3, -0.25) is 14.7 Å². The number of amides is 2. The summed E-state index contributed by atoms with van der Waals surface area (Å²) in [7, 11) is 1.61. The van der Waals surface area contributed by atoms with Crippen molar-refractivity contribution >= 4 is 17.4 Å². The number of hydrogen-bond acceptors (Lipinski definition) is 7. The highest BCUT2D eigenvalue weighted by Crippen LogP contribution is 2.47. The minimum atomic E-state index is -4.53. The lowest BCUT2D eigenvalue weighted by Crippen LogP contribution is -2.57. The molecule has 0 saturated carbocycles. The van der Waals surface area contributed by atoms with Gasteiger partial charge in [-0.2, -0.15) is 14.0 Å². The van der Waals surface area contributed by atoms with Gasteiger partial charge in [0.1, 0.15) is 29.0 Å². The highest BCUT2D eigenvalue weighted by Gasteiger charge is 2.54. The van der Waals surface area contributed by atoms with E-state index in [4.69, 9.17) is 10.00 Å². The van der Waals surface area contributed by atoms with Crippen LogP contribution in [0.2, 0.25) is 0 Å². The van der Waals surface area contributed by atoms with E-state index in [0.29, 0.717) is 0 Å². The van der Waals surface area contributed by atoms with E-state index in [1.54, 1.807) is 11.9 Å². The Labute approximate surface area is 211 Å². The van der Waals surface area contributed by atoms with Gasteiger partial charge in [0.05, 0.1) is 24.6 Å². The number of urea groups is 1. The van der Waals surface area contributed by atoms with E-state index >= 15 is 4.39 Å². The van der Waals surface area contributed by atoms with Crippen LogP contribution in [0, 0.1) is 17.1 Å². The first-order valence-electron chi connectivity index (χ1n) is 10.9. The summed E-state index contributed by atoms with van der Waals surface area (Å²) in [6, 6.07) is 10.5. The average Bonchev–Trinajstić information content (AvgIpc) is 2.84. The first-order valence-corrected chi connectivity index (χ1v) is 10.9. The van der Waals surface area contributed by atoms with Crippen LogP contribution < -0.4 is 19.3 Å². The second kappa shape index (κ2) is 9.12. The van der Waals surface area contributed by atoms with Crippen LogP contribution in [0.25, 0.3) is 0 Å². The molecule has 0 unspecified atom stereocenters. The number of carbonyl (C=O) groups excluding carboxylic acids is 1. The van der Waals surface area contributed by atoms with Crippen LogP contribution in [0.5, 0.6) is 17.2 Å². The van der Waals surface area contributed by atoms with Crippen molar-refractivity contribution in [1.82, 2.24) is 9.88 Å². The lowest BCUT2D eigenvalue weighted by Gasteiger charge is -2.41. The van der Waals surface area contributed by atoms with Gasteiger partial charge < -0.3 is 9.47 Å². The highest BCUT2D eigenvalue weighted by atomic mass is 19.3. The second-order valence-electron chi connectivity index (χ2n) is 8.35. The number of ether oxygens (including phenoxy) is 3. The number of carbonyl (C=O) groups is 1. The Kier molecular flexibility index (Phi) is 6.04. The van der Waals surface area contributed by atoms with E-state index in [0.717, 1.165) is 34.1 Å². The monoisotopic (exact) mass is 533 g/mol. The average molecular weight is 533 g/mol. The van der Waals surface area contributed by atoms with Gasteiger partial charge in [0.25, 0.3) is 0 Å². The van der Waals surface area contributed by atoms with Gasteiger partial charge in [-0.1, -0.05) is 0 Å². The molecule has 1 fully saturated rings. The largest absolute Gasteiger partial charge is 0.540 e. The van der Waals surface area contributed by atoms with Crippen molar-refractivity contribution in [3.8, 4) is 23.3 Å². The number of nitrogens with zero attached hydrogens (tertiary/aromatic N) is 5. The third-order valence-electron chi connectivity index (χ3n) is 5.58. The normalized spacial score (nSPS) is 18.4. The van der Waals surface area contributed by atoms with Gasteiger partial charge in [-0.25, -0.2) is 18.9 Å². The number of aromatic nitrogens is 1. The summed E-state index contributed by atoms with van der Waals surface area (Å²) >= 11 is 0. The van der Waals surface area contributed by atoms with Crippen molar-refractivity contribution < 1.29 is 41.0 Å². The molecule has 2 aliphatic heterocycles. The quantitative estimate of drug-likeness (QED) is 0.427. The Morgan fingerprint density at radius 3 is 2.50 bits per heavy atom. The van der Waals surface area contributed by atoms with Crippen LogP contribution in [0.4, 0.5) is 38.1 Å². The number of pyridine rings is 1. The number of alkyl halides is 4. The van der Waals surface area contributed by atoms with Crippen molar-refractivity contribution in [3.63, 3.8) is 0 Å². The molecule has 2 aromatic carbocycles. The third-order valence-corrected chi connectivity index (χ3v) is 5.58. The summed E-state index contributed by atoms with van der Waals surface area (Å²) in [6.45, 7) is -0.106. The minimum absolute atomic E-state index is 0.0398. The van der Waals surface area contributed by atoms with Gasteiger partial charge in [-0.15, -0.1) is 8.78 Å². The topological polar surface area (TPSA) is 91.2 Å². The number of anilines is 2. The first-order chi connectivity index (χ1) is 18.0. The summed E-state index contributed by atoms with van der Waals surface area (Å²) in [4.78, 5) is 20.9. The molecule has 0 atom stereocenters. The van der Waals surface area contributed by atoms with Crippen LogP contribution in [0.3, 0.4) is 0 Å². The lowest BCUT2D eigenvalue weighted by atomic mass is 10.1. The molecule has 38 heavy (non-hydrogen) atoms. The maximum atomic E-state index is 15.1. The van der Waals surface area contributed by atoms with E-state index in [1.807, 2.05) is 6.07 Å². The molecule has 2 amide bonds. The minimum Gasteiger partial charge on any atom is -0.457 e. The highest BCUT2D eigenvalue weighted by molar-refractivity contribution is 6.04. The number of nitriles is 1. The van der Waals surface area contributed by atoms with E-state index in [-0.39, 0.29) is 41.9 Å². The summed E-state index contributed by atoms with van der Waals surface area (Å²) in [6.07, 6.45) is -7.56.